The Morgan fingerprint density at radius 2 is 2.15 bits per heavy atom. The Labute approximate surface area is 133 Å². The Kier molecular flexibility index (Phi) is 5.49. The van der Waals surface area contributed by atoms with E-state index in [1.54, 1.807) is 0 Å². The van der Waals surface area contributed by atoms with Gasteiger partial charge in [-0.2, -0.15) is 0 Å². The normalized spacial score (nSPS) is 12.2. The monoisotopic (exact) mass is 353 g/mol. The molecule has 20 heavy (non-hydrogen) atoms. The Morgan fingerprint density at radius 3 is 2.80 bits per heavy atom. The minimum atomic E-state index is 0.251. The summed E-state index contributed by atoms with van der Waals surface area (Å²) in [6.45, 7) is 7.18. The number of hydrogen-bond donors (Lipinski definition) is 1. The van der Waals surface area contributed by atoms with Crippen LogP contribution >= 0.6 is 27.3 Å². The van der Waals surface area contributed by atoms with Crippen molar-refractivity contribution >= 4 is 33.0 Å². The van der Waals surface area contributed by atoms with Crippen molar-refractivity contribution in [1.82, 2.24) is 0 Å². The first-order valence-corrected chi connectivity index (χ1v) is 8.45. The molecule has 1 unspecified atom stereocenters. The molecule has 0 aliphatic heterocycles. The highest BCUT2D eigenvalue weighted by Gasteiger charge is 2.04. The molecule has 0 fully saturated rings. The van der Waals surface area contributed by atoms with Gasteiger partial charge in [0.2, 0.25) is 0 Å². The Balaban J connectivity index is 1.97. The van der Waals surface area contributed by atoms with Crippen molar-refractivity contribution in [2.45, 2.75) is 39.8 Å². The number of ether oxygens (including phenoxy) is 1. The van der Waals surface area contributed by atoms with E-state index in [0.717, 1.165) is 24.4 Å². The minimum Gasteiger partial charge on any atom is -0.491 e. The third-order valence-electron chi connectivity index (χ3n) is 3.12. The van der Waals surface area contributed by atoms with Crippen LogP contribution in [0.4, 0.5) is 5.69 Å². The molecule has 0 bridgehead atoms. The number of benzene rings is 1. The summed E-state index contributed by atoms with van der Waals surface area (Å²) in [6.07, 6.45) is 1.27. The predicted molar refractivity (Wildman–Crippen MR) is 90.9 cm³/mol. The molecule has 4 heteroatoms. The van der Waals surface area contributed by atoms with E-state index in [9.17, 15) is 0 Å². The van der Waals surface area contributed by atoms with E-state index < -0.39 is 0 Å². The van der Waals surface area contributed by atoms with Crippen LogP contribution in [0.1, 0.15) is 30.0 Å². The number of aryl methyl sites for hydroxylation is 1. The van der Waals surface area contributed by atoms with Gasteiger partial charge in [-0.25, -0.2) is 0 Å². The number of anilines is 1. The maximum atomic E-state index is 5.83. The molecule has 0 radical (unpaired) electrons. The number of nitrogens with one attached hydrogen (secondary N) is 1. The SMILES string of the molecule is CCC(C)Oc1cccc(NCc2cc(Br)c(C)s2)c1. The molecule has 0 saturated heterocycles. The third kappa shape index (κ3) is 4.25. The van der Waals surface area contributed by atoms with Gasteiger partial charge in [0.15, 0.2) is 0 Å². The summed E-state index contributed by atoms with van der Waals surface area (Å²) in [7, 11) is 0. The second kappa shape index (κ2) is 7.14. The van der Waals surface area contributed by atoms with Crippen LogP contribution in [0.25, 0.3) is 0 Å². The smallest absolute Gasteiger partial charge is 0.121 e. The molecular formula is C16H20BrNOS. The summed E-state index contributed by atoms with van der Waals surface area (Å²) in [6, 6.07) is 10.3. The van der Waals surface area contributed by atoms with Crippen molar-refractivity contribution in [2.24, 2.45) is 0 Å². The number of rotatable bonds is 6. The van der Waals surface area contributed by atoms with Crippen molar-refractivity contribution in [3.05, 3.63) is 44.6 Å². The molecule has 1 aromatic carbocycles. The minimum absolute atomic E-state index is 0.251. The summed E-state index contributed by atoms with van der Waals surface area (Å²) in [5.41, 5.74) is 1.09. The molecule has 1 aromatic heterocycles. The molecule has 0 aliphatic carbocycles. The fraction of sp³-hybridized carbons (Fsp3) is 0.375. The quantitative estimate of drug-likeness (QED) is 0.728. The van der Waals surface area contributed by atoms with Gasteiger partial charge in [0.1, 0.15) is 5.75 Å². The third-order valence-corrected chi connectivity index (χ3v) is 5.26. The van der Waals surface area contributed by atoms with Crippen LogP contribution in [0.2, 0.25) is 0 Å². The van der Waals surface area contributed by atoms with E-state index in [1.165, 1.54) is 14.2 Å². The number of halogens is 1. The van der Waals surface area contributed by atoms with Gasteiger partial charge in [0.25, 0.3) is 0 Å². The lowest BCUT2D eigenvalue weighted by Gasteiger charge is -2.13. The molecular weight excluding hydrogens is 334 g/mol. The van der Waals surface area contributed by atoms with E-state index in [0.29, 0.717) is 0 Å². The van der Waals surface area contributed by atoms with E-state index in [4.69, 9.17) is 4.74 Å². The van der Waals surface area contributed by atoms with Crippen LogP contribution < -0.4 is 10.1 Å². The highest BCUT2D eigenvalue weighted by atomic mass is 79.9. The van der Waals surface area contributed by atoms with Crippen molar-refractivity contribution in [3.63, 3.8) is 0 Å². The van der Waals surface area contributed by atoms with Gasteiger partial charge >= 0.3 is 0 Å². The molecule has 1 atom stereocenters. The van der Waals surface area contributed by atoms with E-state index in [2.05, 4.69) is 60.2 Å². The van der Waals surface area contributed by atoms with Crippen LogP contribution in [0.15, 0.2) is 34.8 Å². The molecule has 2 aromatic rings. The average Bonchev–Trinajstić information content (AvgIpc) is 2.76. The van der Waals surface area contributed by atoms with Gasteiger partial charge in [-0.1, -0.05) is 13.0 Å². The number of thiophene rings is 1. The summed E-state index contributed by atoms with van der Waals surface area (Å²) < 4.78 is 7.02. The zero-order chi connectivity index (χ0) is 14.5. The van der Waals surface area contributed by atoms with Gasteiger partial charge < -0.3 is 10.1 Å². The summed E-state index contributed by atoms with van der Waals surface area (Å²) in [4.78, 5) is 2.64. The second-order valence-electron chi connectivity index (χ2n) is 4.83. The fourth-order valence-electron chi connectivity index (χ4n) is 1.79. The lowest BCUT2D eigenvalue weighted by Crippen LogP contribution is -2.09. The molecule has 1 N–H and O–H groups in total. The fourth-order valence-corrected chi connectivity index (χ4v) is 3.33. The summed E-state index contributed by atoms with van der Waals surface area (Å²) >= 11 is 5.36. The first-order chi connectivity index (χ1) is 9.58. The van der Waals surface area contributed by atoms with Gasteiger partial charge in [0, 0.05) is 32.5 Å². The van der Waals surface area contributed by atoms with Crippen molar-refractivity contribution in [2.75, 3.05) is 5.32 Å². The molecule has 108 valence electrons. The van der Waals surface area contributed by atoms with Gasteiger partial charge in [-0.15, -0.1) is 11.3 Å². The molecule has 0 aliphatic rings. The van der Waals surface area contributed by atoms with Crippen LogP contribution in [0, 0.1) is 6.92 Å². The molecule has 0 amide bonds. The first kappa shape index (κ1) is 15.4. The highest BCUT2D eigenvalue weighted by molar-refractivity contribution is 9.10. The lowest BCUT2D eigenvalue weighted by atomic mass is 10.2. The summed E-state index contributed by atoms with van der Waals surface area (Å²) in [5.74, 6) is 0.924. The van der Waals surface area contributed by atoms with Gasteiger partial charge in [0.05, 0.1) is 6.10 Å². The molecule has 0 saturated carbocycles. The number of hydrogen-bond acceptors (Lipinski definition) is 3. The standard InChI is InChI=1S/C16H20BrNOS/c1-4-11(2)19-14-7-5-6-13(8-14)18-10-15-9-16(17)12(3)20-15/h5-9,11,18H,4,10H2,1-3H3. The molecule has 2 nitrogen and oxygen atoms in total. The van der Waals surface area contributed by atoms with E-state index >= 15 is 0 Å². The zero-order valence-electron chi connectivity index (χ0n) is 12.1. The Morgan fingerprint density at radius 1 is 1.35 bits per heavy atom. The Bertz CT molecular complexity index is 548. The second-order valence-corrected chi connectivity index (χ2v) is 7.03. The van der Waals surface area contributed by atoms with Gasteiger partial charge in [-0.3, -0.25) is 0 Å². The van der Waals surface area contributed by atoms with Crippen molar-refractivity contribution in [1.29, 1.82) is 0 Å². The van der Waals surface area contributed by atoms with E-state index in [1.807, 2.05) is 23.5 Å². The van der Waals surface area contributed by atoms with E-state index in [-0.39, 0.29) is 6.10 Å². The largest absolute Gasteiger partial charge is 0.491 e. The molecule has 1 heterocycles. The summed E-state index contributed by atoms with van der Waals surface area (Å²) in [5, 5.41) is 3.44. The maximum Gasteiger partial charge on any atom is 0.121 e. The molecule has 0 spiro atoms. The zero-order valence-corrected chi connectivity index (χ0v) is 14.5. The van der Waals surface area contributed by atoms with Crippen LogP contribution in [0.5, 0.6) is 5.75 Å². The van der Waals surface area contributed by atoms with Gasteiger partial charge in [-0.05, 0) is 54.4 Å². The first-order valence-electron chi connectivity index (χ1n) is 6.84. The average molecular weight is 354 g/mol. The van der Waals surface area contributed by atoms with Crippen LogP contribution in [-0.4, -0.2) is 6.10 Å². The predicted octanol–water partition coefficient (Wildman–Crippen LogP) is 5.61. The lowest BCUT2D eigenvalue weighted by molar-refractivity contribution is 0.217. The van der Waals surface area contributed by atoms with Crippen LogP contribution in [0.3, 0.4) is 0 Å². The van der Waals surface area contributed by atoms with Crippen LogP contribution in [-0.2, 0) is 6.54 Å². The van der Waals surface area contributed by atoms with Crippen molar-refractivity contribution < 1.29 is 4.74 Å². The van der Waals surface area contributed by atoms with Crippen molar-refractivity contribution in [3.8, 4) is 5.75 Å². The maximum absolute atomic E-state index is 5.83. The Hall–Kier alpha value is -1.000. The highest BCUT2D eigenvalue weighted by Crippen LogP contribution is 2.27. The molecule has 2 rings (SSSR count). The topological polar surface area (TPSA) is 21.3 Å².